The van der Waals surface area contributed by atoms with E-state index in [1.807, 2.05) is 11.8 Å². The van der Waals surface area contributed by atoms with E-state index < -0.39 is 0 Å². The molecule has 3 rings (SSSR count). The number of aromatic nitrogens is 1. The third kappa shape index (κ3) is 1.19. The summed E-state index contributed by atoms with van der Waals surface area (Å²) in [5.74, 6) is -0.267. The average Bonchev–Trinajstić information content (AvgIpc) is 3.01. The van der Waals surface area contributed by atoms with Gasteiger partial charge in [0.2, 0.25) is 5.78 Å². The SMILES string of the molecule is CC1CN1C1=CC(=O)c2cccnc2C1=O. The van der Waals surface area contributed by atoms with Gasteiger partial charge in [-0.25, -0.2) is 0 Å². The third-order valence-corrected chi connectivity index (χ3v) is 2.96. The maximum absolute atomic E-state index is 12.1. The molecule has 2 heterocycles. The average molecular weight is 214 g/mol. The molecule has 4 heteroatoms. The van der Waals surface area contributed by atoms with Gasteiger partial charge >= 0.3 is 0 Å². The Morgan fingerprint density at radius 1 is 1.44 bits per heavy atom. The molecule has 1 saturated heterocycles. The second kappa shape index (κ2) is 3.01. The number of rotatable bonds is 1. The molecule has 0 spiro atoms. The molecule has 0 amide bonds. The van der Waals surface area contributed by atoms with Crippen LogP contribution in [-0.4, -0.2) is 34.0 Å². The van der Waals surface area contributed by atoms with E-state index in [9.17, 15) is 9.59 Å². The zero-order valence-electron chi connectivity index (χ0n) is 8.80. The lowest BCUT2D eigenvalue weighted by atomic mass is 9.97. The number of carbonyl (C=O) groups excluding carboxylic acids is 2. The molecule has 0 saturated carbocycles. The van der Waals surface area contributed by atoms with Gasteiger partial charge in [0.25, 0.3) is 0 Å². The lowest BCUT2D eigenvalue weighted by Gasteiger charge is -2.15. The molecule has 4 nitrogen and oxygen atoms in total. The zero-order chi connectivity index (χ0) is 11.3. The first-order valence-electron chi connectivity index (χ1n) is 5.21. The van der Waals surface area contributed by atoms with Crippen LogP contribution in [0.25, 0.3) is 0 Å². The summed E-state index contributed by atoms with van der Waals surface area (Å²) in [6, 6.07) is 3.66. The molecular weight excluding hydrogens is 204 g/mol. The predicted molar refractivity (Wildman–Crippen MR) is 57.1 cm³/mol. The van der Waals surface area contributed by atoms with Crippen LogP contribution in [-0.2, 0) is 0 Å². The largest absolute Gasteiger partial charge is 0.362 e. The maximum atomic E-state index is 12.1. The van der Waals surface area contributed by atoms with E-state index in [4.69, 9.17) is 0 Å². The fourth-order valence-electron chi connectivity index (χ4n) is 1.96. The van der Waals surface area contributed by atoms with E-state index in [1.165, 1.54) is 6.08 Å². The van der Waals surface area contributed by atoms with Gasteiger partial charge in [0.1, 0.15) is 5.69 Å². The summed E-state index contributed by atoms with van der Waals surface area (Å²) < 4.78 is 0. The number of hydrogen-bond donors (Lipinski definition) is 0. The monoisotopic (exact) mass is 214 g/mol. The molecule has 0 aromatic carbocycles. The Balaban J connectivity index is 2.09. The number of nitrogens with zero attached hydrogens (tertiary/aromatic N) is 2. The minimum atomic E-state index is -0.139. The highest BCUT2D eigenvalue weighted by Gasteiger charge is 2.38. The van der Waals surface area contributed by atoms with Gasteiger partial charge < -0.3 is 4.90 Å². The van der Waals surface area contributed by atoms with Gasteiger partial charge in [0, 0.05) is 24.9 Å². The van der Waals surface area contributed by atoms with Gasteiger partial charge in [0.15, 0.2) is 5.78 Å². The molecule has 1 unspecified atom stereocenters. The fourth-order valence-corrected chi connectivity index (χ4v) is 1.96. The minimum absolute atomic E-state index is 0.128. The summed E-state index contributed by atoms with van der Waals surface area (Å²) >= 11 is 0. The lowest BCUT2D eigenvalue weighted by Crippen LogP contribution is -2.23. The minimum Gasteiger partial charge on any atom is -0.362 e. The van der Waals surface area contributed by atoms with Crippen LogP contribution in [0.15, 0.2) is 30.1 Å². The van der Waals surface area contributed by atoms with Gasteiger partial charge in [-0.15, -0.1) is 0 Å². The molecule has 2 aliphatic rings. The molecule has 16 heavy (non-hydrogen) atoms. The Bertz CT molecular complexity index is 534. The van der Waals surface area contributed by atoms with Crippen molar-refractivity contribution in [2.24, 2.45) is 0 Å². The van der Waals surface area contributed by atoms with E-state index in [1.54, 1.807) is 18.3 Å². The Morgan fingerprint density at radius 3 is 2.88 bits per heavy atom. The molecule has 1 fully saturated rings. The number of fused-ring (bicyclic) bond motifs is 1. The number of hydrogen-bond acceptors (Lipinski definition) is 4. The molecule has 1 aromatic heterocycles. The highest BCUT2D eigenvalue weighted by Crippen LogP contribution is 2.29. The molecule has 1 aromatic rings. The Labute approximate surface area is 92.6 Å². The second-order valence-electron chi connectivity index (χ2n) is 4.12. The summed E-state index contributed by atoms with van der Waals surface area (Å²) in [6.45, 7) is 2.86. The summed E-state index contributed by atoms with van der Waals surface area (Å²) in [5.41, 5.74) is 1.18. The topological polar surface area (TPSA) is 50.0 Å². The van der Waals surface area contributed by atoms with E-state index in [0.29, 0.717) is 17.3 Å². The van der Waals surface area contributed by atoms with Crippen molar-refractivity contribution in [1.82, 2.24) is 9.88 Å². The molecule has 80 valence electrons. The quantitative estimate of drug-likeness (QED) is 0.655. The number of carbonyl (C=O) groups is 2. The maximum Gasteiger partial charge on any atom is 0.228 e. The van der Waals surface area contributed by atoms with Crippen molar-refractivity contribution in [2.75, 3.05) is 6.54 Å². The summed E-state index contributed by atoms with van der Waals surface area (Å²) in [6.07, 6.45) is 2.97. The van der Waals surface area contributed by atoms with Crippen molar-refractivity contribution in [3.8, 4) is 0 Å². The van der Waals surface area contributed by atoms with Gasteiger partial charge in [-0.1, -0.05) is 0 Å². The smallest absolute Gasteiger partial charge is 0.228 e. The van der Waals surface area contributed by atoms with Crippen LogP contribution in [0, 0.1) is 0 Å². The Morgan fingerprint density at radius 2 is 2.19 bits per heavy atom. The summed E-state index contributed by atoms with van der Waals surface area (Å²) in [5, 5.41) is 0. The molecular formula is C12H10N2O2. The molecule has 1 atom stereocenters. The number of Topliss-reactive ketones (excluding diaryl/α,β-unsaturated/α-hetero) is 1. The van der Waals surface area contributed by atoms with Crippen molar-refractivity contribution in [1.29, 1.82) is 0 Å². The van der Waals surface area contributed by atoms with Gasteiger partial charge in [0.05, 0.1) is 11.3 Å². The van der Waals surface area contributed by atoms with Crippen molar-refractivity contribution >= 4 is 11.6 Å². The van der Waals surface area contributed by atoms with Crippen LogP contribution in [0.4, 0.5) is 0 Å². The van der Waals surface area contributed by atoms with Crippen LogP contribution in [0.1, 0.15) is 27.8 Å². The molecule has 1 aliphatic carbocycles. The van der Waals surface area contributed by atoms with Crippen molar-refractivity contribution in [2.45, 2.75) is 13.0 Å². The predicted octanol–water partition coefficient (Wildman–Crippen LogP) is 1.05. The van der Waals surface area contributed by atoms with E-state index in [-0.39, 0.29) is 17.3 Å². The van der Waals surface area contributed by atoms with Crippen LogP contribution in [0.5, 0.6) is 0 Å². The third-order valence-electron chi connectivity index (χ3n) is 2.96. The van der Waals surface area contributed by atoms with Crippen LogP contribution in [0.2, 0.25) is 0 Å². The van der Waals surface area contributed by atoms with Gasteiger partial charge in [-0.05, 0) is 19.1 Å². The summed E-state index contributed by atoms with van der Waals surface area (Å²) in [7, 11) is 0. The van der Waals surface area contributed by atoms with Crippen molar-refractivity contribution in [3.05, 3.63) is 41.4 Å². The molecule has 0 N–H and O–H groups in total. The Hall–Kier alpha value is -1.97. The molecule has 0 radical (unpaired) electrons. The van der Waals surface area contributed by atoms with Crippen LogP contribution >= 0.6 is 0 Å². The first-order chi connectivity index (χ1) is 7.68. The highest BCUT2D eigenvalue weighted by atomic mass is 16.1. The fraction of sp³-hybridized carbons (Fsp3) is 0.250. The van der Waals surface area contributed by atoms with E-state index in [2.05, 4.69) is 4.98 Å². The first-order valence-corrected chi connectivity index (χ1v) is 5.21. The summed E-state index contributed by atoms with van der Waals surface area (Å²) in [4.78, 5) is 29.8. The number of ketones is 2. The van der Waals surface area contributed by atoms with E-state index >= 15 is 0 Å². The highest BCUT2D eigenvalue weighted by molar-refractivity contribution is 6.23. The van der Waals surface area contributed by atoms with Gasteiger partial charge in [-0.3, -0.25) is 14.6 Å². The Kier molecular flexibility index (Phi) is 1.74. The zero-order valence-corrected chi connectivity index (χ0v) is 8.80. The van der Waals surface area contributed by atoms with Crippen LogP contribution < -0.4 is 0 Å². The first kappa shape index (κ1) is 9.27. The normalized spacial score (nSPS) is 22.9. The standard InChI is InChI=1S/C12H10N2O2/c1-7-6-14(7)9-5-10(15)8-3-2-4-13-11(8)12(9)16/h2-5,7H,6H2,1H3. The van der Waals surface area contributed by atoms with E-state index in [0.717, 1.165) is 6.54 Å². The number of allylic oxidation sites excluding steroid dienone is 2. The lowest BCUT2D eigenvalue weighted by molar-refractivity contribution is 0.0964. The number of pyridine rings is 1. The van der Waals surface area contributed by atoms with Crippen molar-refractivity contribution in [3.63, 3.8) is 0 Å². The van der Waals surface area contributed by atoms with Crippen LogP contribution in [0.3, 0.4) is 0 Å². The molecule has 1 aliphatic heterocycles. The van der Waals surface area contributed by atoms with Crippen molar-refractivity contribution < 1.29 is 9.59 Å². The molecule has 0 bridgehead atoms. The van der Waals surface area contributed by atoms with Gasteiger partial charge in [-0.2, -0.15) is 0 Å². The second-order valence-corrected chi connectivity index (χ2v) is 4.12.